The Morgan fingerprint density at radius 3 is 2.41 bits per heavy atom. The van der Waals surface area contributed by atoms with Crippen LogP contribution in [0.4, 0.5) is 0 Å². The number of morpholine rings is 1. The van der Waals surface area contributed by atoms with E-state index in [1.54, 1.807) is 16.7 Å². The summed E-state index contributed by atoms with van der Waals surface area (Å²) in [6.07, 6.45) is 0. The van der Waals surface area contributed by atoms with Crippen LogP contribution < -0.4 is 4.74 Å². The molecule has 1 amide bonds. The van der Waals surface area contributed by atoms with Crippen LogP contribution in [0.1, 0.15) is 10.6 Å². The number of rotatable bonds is 4. The Bertz CT molecular complexity index is 916. The lowest BCUT2D eigenvalue weighted by atomic mass is 10.2. The number of para-hydroxylation sites is 1. The fourth-order valence-corrected chi connectivity index (χ4v) is 2.99. The monoisotopic (exact) mass is 364 g/mol. The van der Waals surface area contributed by atoms with Gasteiger partial charge in [0.05, 0.1) is 26.0 Å². The topological polar surface area (TPSA) is 69.5 Å². The number of methoxy groups -OCH3 is 1. The molecule has 3 aromatic rings. The van der Waals surface area contributed by atoms with Crippen molar-refractivity contribution >= 4 is 5.91 Å². The molecule has 1 saturated heterocycles. The third-order valence-electron chi connectivity index (χ3n) is 4.45. The Morgan fingerprint density at radius 1 is 1.04 bits per heavy atom. The maximum Gasteiger partial charge on any atom is 0.293 e. The van der Waals surface area contributed by atoms with Crippen molar-refractivity contribution in [3.8, 4) is 22.8 Å². The predicted octanol–water partition coefficient (Wildman–Crippen LogP) is 2.42. The molecular formula is C20H20N4O3. The highest BCUT2D eigenvalue weighted by Gasteiger charge is 2.24. The smallest absolute Gasteiger partial charge is 0.293 e. The summed E-state index contributed by atoms with van der Waals surface area (Å²) in [6, 6.07) is 17.2. The molecule has 2 aromatic carbocycles. The van der Waals surface area contributed by atoms with Crippen LogP contribution in [-0.4, -0.2) is 59.0 Å². The molecule has 1 aliphatic heterocycles. The van der Waals surface area contributed by atoms with Crippen LogP contribution in [0.3, 0.4) is 0 Å². The maximum absolute atomic E-state index is 12.8. The van der Waals surface area contributed by atoms with E-state index in [2.05, 4.69) is 10.1 Å². The molecule has 0 spiro atoms. The minimum Gasteiger partial charge on any atom is -0.497 e. The lowest BCUT2D eigenvalue weighted by Gasteiger charge is -2.25. The van der Waals surface area contributed by atoms with Gasteiger partial charge >= 0.3 is 0 Å². The summed E-state index contributed by atoms with van der Waals surface area (Å²) in [4.78, 5) is 19.1. The number of hydrogen-bond acceptors (Lipinski definition) is 5. The molecule has 1 aliphatic rings. The summed E-state index contributed by atoms with van der Waals surface area (Å²) in [5.41, 5.74) is 1.70. The van der Waals surface area contributed by atoms with Crippen molar-refractivity contribution in [3.63, 3.8) is 0 Å². The summed E-state index contributed by atoms with van der Waals surface area (Å²) in [7, 11) is 1.63. The fourth-order valence-electron chi connectivity index (χ4n) is 2.99. The van der Waals surface area contributed by atoms with Crippen molar-refractivity contribution in [1.82, 2.24) is 19.7 Å². The quantitative estimate of drug-likeness (QED) is 0.711. The van der Waals surface area contributed by atoms with Gasteiger partial charge in [0.1, 0.15) is 5.75 Å². The highest BCUT2D eigenvalue weighted by atomic mass is 16.5. The van der Waals surface area contributed by atoms with E-state index in [4.69, 9.17) is 9.47 Å². The number of carbonyl (C=O) groups excluding carboxylic acids is 1. The highest BCUT2D eigenvalue weighted by molar-refractivity contribution is 5.91. The number of amides is 1. The Labute approximate surface area is 157 Å². The van der Waals surface area contributed by atoms with E-state index in [1.165, 1.54) is 0 Å². The summed E-state index contributed by atoms with van der Waals surface area (Å²) in [6.45, 7) is 2.18. The number of hydrogen-bond donors (Lipinski definition) is 0. The first kappa shape index (κ1) is 17.2. The largest absolute Gasteiger partial charge is 0.497 e. The second kappa shape index (κ2) is 7.59. The molecule has 0 atom stereocenters. The van der Waals surface area contributed by atoms with E-state index in [0.29, 0.717) is 32.1 Å². The van der Waals surface area contributed by atoms with Crippen LogP contribution >= 0.6 is 0 Å². The van der Waals surface area contributed by atoms with Gasteiger partial charge in [-0.3, -0.25) is 4.79 Å². The van der Waals surface area contributed by atoms with Crippen LogP contribution in [0.5, 0.6) is 5.75 Å². The van der Waals surface area contributed by atoms with Gasteiger partial charge in [-0.1, -0.05) is 18.2 Å². The predicted molar refractivity (Wildman–Crippen MR) is 100 cm³/mol. The van der Waals surface area contributed by atoms with Crippen molar-refractivity contribution in [1.29, 1.82) is 0 Å². The molecule has 0 saturated carbocycles. The number of ether oxygens (including phenoxy) is 2. The molecule has 0 N–H and O–H groups in total. The molecule has 2 heterocycles. The Balaban J connectivity index is 1.75. The molecule has 0 radical (unpaired) electrons. The van der Waals surface area contributed by atoms with E-state index < -0.39 is 0 Å². The second-order valence-electron chi connectivity index (χ2n) is 6.14. The van der Waals surface area contributed by atoms with Gasteiger partial charge in [0.25, 0.3) is 5.91 Å². The molecule has 4 rings (SSSR count). The summed E-state index contributed by atoms with van der Waals surface area (Å²) in [5.74, 6) is 1.38. The van der Waals surface area contributed by atoms with Crippen molar-refractivity contribution in [2.45, 2.75) is 0 Å². The Morgan fingerprint density at radius 2 is 1.74 bits per heavy atom. The average molecular weight is 364 g/mol. The van der Waals surface area contributed by atoms with Crippen molar-refractivity contribution in [2.24, 2.45) is 0 Å². The van der Waals surface area contributed by atoms with Gasteiger partial charge in [0.15, 0.2) is 5.82 Å². The first-order valence-electron chi connectivity index (χ1n) is 8.80. The Kier molecular flexibility index (Phi) is 4.84. The molecule has 7 nitrogen and oxygen atoms in total. The zero-order valence-electron chi connectivity index (χ0n) is 15.0. The summed E-state index contributed by atoms with van der Waals surface area (Å²) in [5, 5.41) is 4.52. The van der Waals surface area contributed by atoms with Crippen molar-refractivity contribution in [2.75, 3.05) is 33.4 Å². The SMILES string of the molecule is COc1ccc(-c2nc(C(=O)N3CCOCC3)nn2-c2ccccc2)cc1. The minimum absolute atomic E-state index is 0.178. The summed E-state index contributed by atoms with van der Waals surface area (Å²) >= 11 is 0. The minimum atomic E-state index is -0.178. The molecule has 0 bridgehead atoms. The van der Waals surface area contributed by atoms with E-state index in [-0.39, 0.29) is 11.7 Å². The van der Waals surface area contributed by atoms with Crippen LogP contribution in [0, 0.1) is 0 Å². The van der Waals surface area contributed by atoms with Gasteiger partial charge in [-0.15, -0.1) is 5.10 Å². The fraction of sp³-hybridized carbons (Fsp3) is 0.250. The van der Waals surface area contributed by atoms with Crippen LogP contribution in [-0.2, 0) is 4.74 Å². The standard InChI is InChI=1S/C20H20N4O3/c1-26-17-9-7-15(8-10-17)19-21-18(20(25)23-11-13-27-14-12-23)22-24(19)16-5-3-2-4-6-16/h2-10H,11-14H2,1H3. The molecule has 0 unspecified atom stereocenters. The molecule has 27 heavy (non-hydrogen) atoms. The van der Waals surface area contributed by atoms with Crippen LogP contribution in [0.15, 0.2) is 54.6 Å². The van der Waals surface area contributed by atoms with E-state index in [0.717, 1.165) is 17.0 Å². The molecular weight excluding hydrogens is 344 g/mol. The number of carbonyl (C=O) groups is 1. The lowest BCUT2D eigenvalue weighted by molar-refractivity contribution is 0.0295. The van der Waals surface area contributed by atoms with Gasteiger partial charge in [-0.25, -0.2) is 9.67 Å². The van der Waals surface area contributed by atoms with E-state index >= 15 is 0 Å². The molecule has 1 aromatic heterocycles. The van der Waals surface area contributed by atoms with Crippen LogP contribution in [0.25, 0.3) is 17.1 Å². The van der Waals surface area contributed by atoms with Gasteiger partial charge < -0.3 is 14.4 Å². The number of nitrogens with zero attached hydrogens (tertiary/aromatic N) is 4. The molecule has 7 heteroatoms. The van der Waals surface area contributed by atoms with Gasteiger partial charge in [0.2, 0.25) is 5.82 Å². The highest BCUT2D eigenvalue weighted by Crippen LogP contribution is 2.24. The van der Waals surface area contributed by atoms with E-state index in [1.807, 2.05) is 54.6 Å². The third kappa shape index (κ3) is 3.54. The maximum atomic E-state index is 12.8. The molecule has 138 valence electrons. The van der Waals surface area contributed by atoms with Gasteiger partial charge in [-0.2, -0.15) is 0 Å². The number of benzene rings is 2. The first-order chi connectivity index (χ1) is 13.3. The molecule has 0 aliphatic carbocycles. The van der Waals surface area contributed by atoms with Crippen LogP contribution in [0.2, 0.25) is 0 Å². The van der Waals surface area contributed by atoms with E-state index in [9.17, 15) is 4.79 Å². The zero-order valence-corrected chi connectivity index (χ0v) is 15.0. The average Bonchev–Trinajstić information content (AvgIpc) is 3.20. The normalized spacial score (nSPS) is 14.2. The summed E-state index contributed by atoms with van der Waals surface area (Å²) < 4.78 is 12.3. The Hall–Kier alpha value is -3.19. The zero-order chi connectivity index (χ0) is 18.6. The van der Waals surface area contributed by atoms with Crippen molar-refractivity contribution < 1.29 is 14.3 Å². The van der Waals surface area contributed by atoms with Gasteiger partial charge in [0, 0.05) is 18.7 Å². The molecule has 1 fully saturated rings. The first-order valence-corrected chi connectivity index (χ1v) is 8.80. The lowest BCUT2D eigenvalue weighted by Crippen LogP contribution is -2.41. The van der Waals surface area contributed by atoms with Crippen molar-refractivity contribution in [3.05, 3.63) is 60.4 Å². The number of aromatic nitrogens is 3. The second-order valence-corrected chi connectivity index (χ2v) is 6.14. The van der Waals surface area contributed by atoms with Gasteiger partial charge in [-0.05, 0) is 36.4 Å². The third-order valence-corrected chi connectivity index (χ3v) is 4.45.